The minimum atomic E-state index is -1.12. The molecule has 128 valence electrons. The summed E-state index contributed by atoms with van der Waals surface area (Å²) in [6, 6.07) is 1.90. The first-order valence-electron chi connectivity index (χ1n) is 7.30. The molecule has 0 aliphatic carbocycles. The van der Waals surface area contributed by atoms with Crippen molar-refractivity contribution < 1.29 is 24.2 Å². The lowest BCUT2D eigenvalue weighted by atomic mass is 10.1. The largest absolute Gasteiger partial charge is 0.493 e. The maximum atomic E-state index is 12.1. The van der Waals surface area contributed by atoms with E-state index in [1.165, 1.54) is 26.2 Å². The molecule has 1 atom stereocenters. The maximum Gasteiger partial charge on any atom is 0.325 e. The zero-order chi connectivity index (χ0) is 17.6. The Labute approximate surface area is 140 Å². The summed E-state index contributed by atoms with van der Waals surface area (Å²) >= 11 is 6.17. The molecule has 0 fully saturated rings. The first kappa shape index (κ1) is 19.1. The monoisotopic (exact) mass is 343 g/mol. The van der Waals surface area contributed by atoms with Crippen LogP contribution in [0.2, 0.25) is 5.02 Å². The normalized spacial score (nSPS) is 11.9. The Morgan fingerprint density at radius 3 is 2.48 bits per heavy atom. The van der Waals surface area contributed by atoms with E-state index in [0.29, 0.717) is 24.0 Å². The van der Waals surface area contributed by atoms with Gasteiger partial charge in [0.25, 0.3) is 5.91 Å². The van der Waals surface area contributed by atoms with E-state index in [1.807, 2.05) is 0 Å². The summed E-state index contributed by atoms with van der Waals surface area (Å²) in [5.41, 5.74) is 0.205. The van der Waals surface area contributed by atoms with Crippen LogP contribution in [0, 0.1) is 5.92 Å². The molecule has 6 nitrogen and oxygen atoms in total. The van der Waals surface area contributed by atoms with Crippen LogP contribution in [-0.4, -0.2) is 36.7 Å². The molecular formula is C16H22ClNO5. The molecule has 1 rings (SSSR count). The number of carboxylic acids is 1. The van der Waals surface area contributed by atoms with Crippen molar-refractivity contribution >= 4 is 23.5 Å². The molecule has 0 aromatic heterocycles. The fraction of sp³-hybridized carbons (Fsp3) is 0.500. The zero-order valence-electron chi connectivity index (χ0n) is 13.7. The van der Waals surface area contributed by atoms with Gasteiger partial charge in [-0.3, -0.25) is 9.59 Å². The lowest BCUT2D eigenvalue weighted by molar-refractivity contribution is -0.138. The van der Waals surface area contributed by atoms with E-state index in [2.05, 4.69) is 19.2 Å². The van der Waals surface area contributed by atoms with Crippen LogP contribution >= 0.6 is 11.6 Å². The number of ether oxygens (including phenoxy) is 2. The van der Waals surface area contributed by atoms with Gasteiger partial charge in [0.2, 0.25) is 0 Å². The first-order chi connectivity index (χ1) is 10.8. The molecule has 1 aromatic rings. The second kappa shape index (κ2) is 8.62. The summed E-state index contributed by atoms with van der Waals surface area (Å²) in [5.74, 6) is -0.478. The van der Waals surface area contributed by atoms with Gasteiger partial charge in [-0.15, -0.1) is 0 Å². The molecule has 0 saturated carbocycles. The molecule has 0 unspecified atom stereocenters. The van der Waals surface area contributed by atoms with Crippen molar-refractivity contribution in [3.63, 3.8) is 0 Å². The smallest absolute Gasteiger partial charge is 0.325 e. The fourth-order valence-corrected chi connectivity index (χ4v) is 1.99. The van der Waals surface area contributed by atoms with Gasteiger partial charge in [0.15, 0.2) is 11.5 Å². The van der Waals surface area contributed by atoms with Crippen LogP contribution in [0.15, 0.2) is 12.1 Å². The minimum absolute atomic E-state index is 0.205. The lowest BCUT2D eigenvalue weighted by Crippen LogP contribution is -2.38. The summed E-state index contributed by atoms with van der Waals surface area (Å²) < 4.78 is 10.9. The number of amides is 1. The highest BCUT2D eigenvalue weighted by Crippen LogP contribution is 2.36. The Balaban J connectivity index is 2.94. The van der Waals surface area contributed by atoms with Crippen LogP contribution < -0.4 is 14.8 Å². The Hall–Kier alpha value is -1.95. The van der Waals surface area contributed by atoms with Gasteiger partial charge in [0.05, 0.1) is 18.7 Å². The number of benzene rings is 1. The first-order valence-corrected chi connectivity index (χ1v) is 7.68. The molecule has 7 heteroatoms. The second-order valence-electron chi connectivity index (χ2n) is 5.55. The van der Waals surface area contributed by atoms with Crippen molar-refractivity contribution in [3.8, 4) is 11.5 Å². The van der Waals surface area contributed by atoms with Crippen molar-refractivity contribution in [1.29, 1.82) is 0 Å². The molecule has 23 heavy (non-hydrogen) atoms. The quantitative estimate of drug-likeness (QED) is 0.758. The third-order valence-electron chi connectivity index (χ3n) is 3.15. The number of carbonyl (C=O) groups is 2. The third kappa shape index (κ3) is 5.63. The Bertz CT molecular complexity index is 574. The molecule has 1 aromatic carbocycles. The molecule has 0 radical (unpaired) electrons. The van der Waals surface area contributed by atoms with Crippen LogP contribution in [0.3, 0.4) is 0 Å². The summed E-state index contributed by atoms with van der Waals surface area (Å²) in [7, 11) is 1.45. The summed E-state index contributed by atoms with van der Waals surface area (Å²) in [5, 5.41) is 11.4. The standard InChI is InChI=1S/C16H22ClNO5/c1-9(2)5-6-23-14-12(17)7-11(8-13(14)22-4)15(19)18-10(3)16(20)21/h7-10H,5-6H2,1-4H3,(H,18,19)(H,20,21)/t10-/m0/s1. The van der Waals surface area contributed by atoms with Crippen molar-refractivity contribution in [2.45, 2.75) is 33.2 Å². The van der Waals surface area contributed by atoms with Crippen molar-refractivity contribution in [1.82, 2.24) is 5.32 Å². The van der Waals surface area contributed by atoms with E-state index in [9.17, 15) is 9.59 Å². The number of hydrogen-bond donors (Lipinski definition) is 2. The molecule has 0 bridgehead atoms. The van der Waals surface area contributed by atoms with E-state index >= 15 is 0 Å². The number of hydrogen-bond acceptors (Lipinski definition) is 4. The Kier molecular flexibility index (Phi) is 7.16. The maximum absolute atomic E-state index is 12.1. The number of nitrogens with one attached hydrogen (secondary N) is 1. The summed E-state index contributed by atoms with van der Waals surface area (Å²) in [4.78, 5) is 22.9. The van der Waals surface area contributed by atoms with E-state index in [-0.39, 0.29) is 10.6 Å². The van der Waals surface area contributed by atoms with Gasteiger partial charge in [0, 0.05) is 5.56 Å². The topological polar surface area (TPSA) is 84.9 Å². The predicted molar refractivity (Wildman–Crippen MR) is 87.5 cm³/mol. The SMILES string of the molecule is COc1cc(C(=O)N[C@@H](C)C(=O)O)cc(Cl)c1OCCC(C)C. The van der Waals surface area contributed by atoms with Crippen molar-refractivity contribution in [3.05, 3.63) is 22.7 Å². The molecule has 1 amide bonds. The number of carboxylic acid groups (broad SMARTS) is 1. The lowest BCUT2D eigenvalue weighted by Gasteiger charge is -2.15. The highest BCUT2D eigenvalue weighted by Gasteiger charge is 2.19. The number of aliphatic carboxylic acids is 1. The number of halogens is 1. The number of methoxy groups -OCH3 is 1. The van der Waals surface area contributed by atoms with Gasteiger partial charge in [0.1, 0.15) is 6.04 Å². The molecule has 0 saturated heterocycles. The molecule has 0 spiro atoms. The Morgan fingerprint density at radius 1 is 1.30 bits per heavy atom. The van der Waals surface area contributed by atoms with Crippen LogP contribution in [0.4, 0.5) is 0 Å². The van der Waals surface area contributed by atoms with Gasteiger partial charge in [-0.2, -0.15) is 0 Å². The highest BCUT2D eigenvalue weighted by molar-refractivity contribution is 6.32. The van der Waals surface area contributed by atoms with Crippen molar-refractivity contribution in [2.24, 2.45) is 5.92 Å². The summed E-state index contributed by atoms with van der Waals surface area (Å²) in [6.07, 6.45) is 0.859. The number of carbonyl (C=O) groups excluding carboxylic acids is 1. The average Bonchev–Trinajstić information content (AvgIpc) is 2.47. The predicted octanol–water partition coefficient (Wildman–Crippen LogP) is 2.98. The Morgan fingerprint density at radius 2 is 1.96 bits per heavy atom. The highest BCUT2D eigenvalue weighted by atomic mass is 35.5. The molecule has 0 aliphatic heterocycles. The van der Waals surface area contributed by atoms with Gasteiger partial charge in [-0.25, -0.2) is 0 Å². The van der Waals surface area contributed by atoms with Crippen LogP contribution in [0.5, 0.6) is 11.5 Å². The number of rotatable bonds is 8. The van der Waals surface area contributed by atoms with Crippen LogP contribution in [-0.2, 0) is 4.79 Å². The average molecular weight is 344 g/mol. The van der Waals surface area contributed by atoms with Crippen molar-refractivity contribution in [2.75, 3.05) is 13.7 Å². The van der Waals surface area contributed by atoms with E-state index in [1.54, 1.807) is 0 Å². The van der Waals surface area contributed by atoms with Crippen LogP contribution in [0.1, 0.15) is 37.6 Å². The van der Waals surface area contributed by atoms with E-state index < -0.39 is 17.9 Å². The minimum Gasteiger partial charge on any atom is -0.493 e. The van der Waals surface area contributed by atoms with E-state index in [4.69, 9.17) is 26.2 Å². The molecule has 2 N–H and O–H groups in total. The van der Waals surface area contributed by atoms with Gasteiger partial charge in [-0.05, 0) is 31.4 Å². The van der Waals surface area contributed by atoms with Crippen LogP contribution in [0.25, 0.3) is 0 Å². The third-order valence-corrected chi connectivity index (χ3v) is 3.43. The van der Waals surface area contributed by atoms with Gasteiger partial charge < -0.3 is 19.9 Å². The fourth-order valence-electron chi connectivity index (χ4n) is 1.73. The van der Waals surface area contributed by atoms with Gasteiger partial charge >= 0.3 is 5.97 Å². The second-order valence-corrected chi connectivity index (χ2v) is 5.96. The molecular weight excluding hydrogens is 322 g/mol. The molecule has 0 heterocycles. The van der Waals surface area contributed by atoms with E-state index in [0.717, 1.165) is 6.42 Å². The van der Waals surface area contributed by atoms with Gasteiger partial charge in [-0.1, -0.05) is 25.4 Å². The summed E-state index contributed by atoms with van der Waals surface area (Å²) in [6.45, 7) is 6.02. The zero-order valence-corrected chi connectivity index (χ0v) is 14.4. The molecule has 0 aliphatic rings.